The van der Waals surface area contributed by atoms with Gasteiger partial charge in [0.05, 0.1) is 0 Å². The third-order valence-corrected chi connectivity index (χ3v) is 6.47. The van der Waals surface area contributed by atoms with Gasteiger partial charge in [0.15, 0.2) is 5.69 Å². The van der Waals surface area contributed by atoms with Crippen LogP contribution < -0.4 is 4.74 Å². The molecular weight excluding hydrogens is 462 g/mol. The average molecular weight is 490 g/mol. The Kier molecular flexibility index (Phi) is 8.23. The molecule has 35 heavy (non-hydrogen) atoms. The first-order valence-electron chi connectivity index (χ1n) is 11.3. The van der Waals surface area contributed by atoms with Crippen molar-refractivity contribution in [2.75, 3.05) is 7.11 Å². The average Bonchev–Trinajstić information content (AvgIpc) is 3.27. The van der Waals surface area contributed by atoms with Crippen molar-refractivity contribution < 1.29 is 23.8 Å². The van der Waals surface area contributed by atoms with Crippen LogP contribution in [0.1, 0.15) is 35.3 Å². The lowest BCUT2D eigenvalue weighted by molar-refractivity contribution is -0.136. The van der Waals surface area contributed by atoms with Gasteiger partial charge in [-0.3, -0.25) is 4.79 Å². The normalized spacial score (nSPS) is 11.8. The molecule has 180 valence electrons. The molecule has 0 bridgehead atoms. The molecule has 0 fully saturated rings. The molecule has 0 spiro atoms. The first kappa shape index (κ1) is 24.6. The number of oxazole rings is 1. The third kappa shape index (κ3) is 6.74. The Morgan fingerprint density at radius 2 is 1.80 bits per heavy atom. The predicted octanol–water partition coefficient (Wildman–Crippen LogP) is 6.68. The molecule has 7 heteroatoms. The fourth-order valence-corrected chi connectivity index (χ4v) is 4.39. The van der Waals surface area contributed by atoms with Gasteiger partial charge in [0, 0.05) is 29.7 Å². The molecule has 4 rings (SSSR count). The van der Waals surface area contributed by atoms with E-state index in [0.29, 0.717) is 29.5 Å². The number of hydrogen-bond acceptors (Lipinski definition) is 6. The standard InChI is InChI=1S/C28H27NO5S/c1-19-26(29-27(33-19)22-8-4-3-5-9-22)28(32-2)34-23-10-6-7-21(17-23)18-35-24-14-11-20(12-15-24)13-16-25(30)31/h3-12,14-15,17,28H,13,16,18H2,1-2H3,(H,30,31). The zero-order valence-electron chi connectivity index (χ0n) is 19.6. The number of carboxylic acid groups (broad SMARTS) is 1. The number of rotatable bonds is 11. The van der Waals surface area contributed by atoms with E-state index in [-0.39, 0.29) is 6.42 Å². The fraction of sp³-hybridized carbons (Fsp3) is 0.214. The molecule has 1 heterocycles. The SMILES string of the molecule is COC(Oc1cccc(CSc2ccc(CCC(=O)O)cc2)c1)c1nc(-c2ccccc2)oc1C. The van der Waals surface area contributed by atoms with Crippen molar-refractivity contribution in [2.45, 2.75) is 36.7 Å². The highest BCUT2D eigenvalue weighted by Gasteiger charge is 2.22. The number of aryl methyl sites for hydroxylation is 2. The summed E-state index contributed by atoms with van der Waals surface area (Å²) in [4.78, 5) is 16.5. The minimum Gasteiger partial charge on any atom is -0.481 e. The summed E-state index contributed by atoms with van der Waals surface area (Å²) in [6.07, 6.45) is -0.0149. The molecular formula is C28H27NO5S. The van der Waals surface area contributed by atoms with Crippen molar-refractivity contribution in [1.29, 1.82) is 0 Å². The number of aliphatic carboxylic acids is 1. The monoisotopic (exact) mass is 489 g/mol. The number of carboxylic acids is 1. The van der Waals surface area contributed by atoms with Gasteiger partial charge in [0.1, 0.15) is 11.5 Å². The molecule has 4 aromatic rings. The number of aromatic nitrogens is 1. The van der Waals surface area contributed by atoms with Gasteiger partial charge in [0.25, 0.3) is 0 Å². The lowest BCUT2D eigenvalue weighted by Gasteiger charge is -2.16. The molecule has 0 amide bonds. The topological polar surface area (TPSA) is 81.8 Å². The molecule has 1 unspecified atom stereocenters. The van der Waals surface area contributed by atoms with Crippen LogP contribution in [0.15, 0.2) is 88.2 Å². The lowest BCUT2D eigenvalue weighted by atomic mass is 10.1. The van der Waals surface area contributed by atoms with E-state index in [1.165, 1.54) is 0 Å². The van der Waals surface area contributed by atoms with Crippen LogP contribution in [0.2, 0.25) is 0 Å². The van der Waals surface area contributed by atoms with E-state index in [0.717, 1.165) is 27.3 Å². The highest BCUT2D eigenvalue weighted by molar-refractivity contribution is 7.98. The van der Waals surface area contributed by atoms with Crippen LogP contribution in [0.4, 0.5) is 0 Å². The fourth-order valence-electron chi connectivity index (χ4n) is 3.55. The van der Waals surface area contributed by atoms with Crippen LogP contribution >= 0.6 is 11.8 Å². The summed E-state index contributed by atoms with van der Waals surface area (Å²) >= 11 is 1.71. The maximum atomic E-state index is 10.7. The number of thioether (sulfide) groups is 1. The van der Waals surface area contributed by atoms with E-state index in [9.17, 15) is 4.79 Å². The van der Waals surface area contributed by atoms with E-state index >= 15 is 0 Å². The van der Waals surface area contributed by atoms with Gasteiger partial charge < -0.3 is 19.0 Å². The van der Waals surface area contributed by atoms with Crippen molar-refractivity contribution in [3.63, 3.8) is 0 Å². The number of ether oxygens (including phenoxy) is 2. The molecule has 1 N–H and O–H groups in total. The predicted molar refractivity (Wildman–Crippen MR) is 135 cm³/mol. The van der Waals surface area contributed by atoms with Gasteiger partial charge in [-0.15, -0.1) is 11.8 Å². The number of nitrogens with zero attached hydrogens (tertiary/aromatic N) is 1. The van der Waals surface area contributed by atoms with Crippen molar-refractivity contribution in [3.05, 3.63) is 101 Å². The Bertz CT molecular complexity index is 1250. The third-order valence-electron chi connectivity index (χ3n) is 5.39. The van der Waals surface area contributed by atoms with Crippen LogP contribution in [-0.2, 0) is 21.7 Å². The van der Waals surface area contributed by atoms with Crippen molar-refractivity contribution in [2.24, 2.45) is 0 Å². The first-order valence-corrected chi connectivity index (χ1v) is 12.2. The van der Waals surface area contributed by atoms with E-state index < -0.39 is 12.3 Å². The molecule has 1 atom stereocenters. The summed E-state index contributed by atoms with van der Waals surface area (Å²) in [5, 5.41) is 8.83. The molecule has 0 saturated heterocycles. The van der Waals surface area contributed by atoms with Gasteiger partial charge in [-0.1, -0.05) is 42.5 Å². The Hall–Kier alpha value is -3.55. The summed E-state index contributed by atoms with van der Waals surface area (Å²) in [6.45, 7) is 1.85. The summed E-state index contributed by atoms with van der Waals surface area (Å²) in [5.74, 6) is 1.85. The highest BCUT2D eigenvalue weighted by Crippen LogP contribution is 2.30. The molecule has 0 aliphatic rings. The van der Waals surface area contributed by atoms with E-state index in [1.54, 1.807) is 18.9 Å². The molecule has 6 nitrogen and oxygen atoms in total. The Morgan fingerprint density at radius 1 is 1.03 bits per heavy atom. The van der Waals surface area contributed by atoms with Crippen LogP contribution in [0, 0.1) is 6.92 Å². The summed E-state index contributed by atoms with van der Waals surface area (Å²) in [6, 6.07) is 25.6. The van der Waals surface area contributed by atoms with E-state index in [1.807, 2.05) is 79.7 Å². The van der Waals surface area contributed by atoms with Crippen LogP contribution in [-0.4, -0.2) is 23.2 Å². The van der Waals surface area contributed by atoms with E-state index in [4.69, 9.17) is 19.0 Å². The molecule has 1 aromatic heterocycles. The Balaban J connectivity index is 1.39. The van der Waals surface area contributed by atoms with Crippen LogP contribution in [0.25, 0.3) is 11.5 Å². The molecule has 0 radical (unpaired) electrons. The smallest absolute Gasteiger partial charge is 0.303 e. The zero-order valence-corrected chi connectivity index (χ0v) is 20.5. The van der Waals surface area contributed by atoms with Gasteiger partial charge >= 0.3 is 5.97 Å². The van der Waals surface area contributed by atoms with E-state index in [2.05, 4.69) is 11.1 Å². The number of carbonyl (C=O) groups is 1. The van der Waals surface area contributed by atoms with Crippen LogP contribution in [0.3, 0.4) is 0 Å². The first-order chi connectivity index (χ1) is 17.0. The van der Waals surface area contributed by atoms with Crippen molar-refractivity contribution in [1.82, 2.24) is 4.98 Å². The zero-order chi connectivity index (χ0) is 24.6. The second-order valence-corrected chi connectivity index (χ2v) is 9.03. The molecule has 0 aliphatic heterocycles. The maximum Gasteiger partial charge on any atom is 0.303 e. The summed E-state index contributed by atoms with van der Waals surface area (Å²) in [5.41, 5.74) is 3.63. The summed E-state index contributed by atoms with van der Waals surface area (Å²) in [7, 11) is 1.58. The van der Waals surface area contributed by atoms with Gasteiger partial charge in [-0.25, -0.2) is 4.98 Å². The second-order valence-electron chi connectivity index (χ2n) is 7.99. The number of methoxy groups -OCH3 is 1. The molecule has 3 aromatic carbocycles. The Labute approximate surface area is 208 Å². The lowest BCUT2D eigenvalue weighted by Crippen LogP contribution is -2.11. The maximum absolute atomic E-state index is 10.7. The largest absolute Gasteiger partial charge is 0.481 e. The van der Waals surface area contributed by atoms with Crippen molar-refractivity contribution in [3.8, 4) is 17.2 Å². The van der Waals surface area contributed by atoms with Crippen molar-refractivity contribution >= 4 is 17.7 Å². The minimum atomic E-state index is -0.781. The van der Waals surface area contributed by atoms with Gasteiger partial charge in [-0.2, -0.15) is 0 Å². The second kappa shape index (κ2) is 11.7. The molecule has 0 aliphatic carbocycles. The number of hydrogen-bond donors (Lipinski definition) is 1. The highest BCUT2D eigenvalue weighted by atomic mass is 32.2. The summed E-state index contributed by atoms with van der Waals surface area (Å²) < 4.78 is 17.6. The van der Waals surface area contributed by atoms with Gasteiger partial charge in [0.2, 0.25) is 12.2 Å². The Morgan fingerprint density at radius 3 is 2.51 bits per heavy atom. The molecule has 0 saturated carbocycles. The quantitative estimate of drug-likeness (QED) is 0.186. The van der Waals surface area contributed by atoms with Crippen LogP contribution in [0.5, 0.6) is 5.75 Å². The number of benzene rings is 3. The van der Waals surface area contributed by atoms with Gasteiger partial charge in [-0.05, 0) is 60.9 Å². The minimum absolute atomic E-state index is 0.142.